The summed E-state index contributed by atoms with van der Waals surface area (Å²) in [5.41, 5.74) is 3.40. The first-order valence-corrected chi connectivity index (χ1v) is 9.93. The average Bonchev–Trinajstić information content (AvgIpc) is 3.04. The van der Waals surface area contributed by atoms with E-state index in [-0.39, 0.29) is 17.5 Å². The minimum absolute atomic E-state index is 0.0247. The van der Waals surface area contributed by atoms with E-state index in [9.17, 15) is 9.59 Å². The Hall–Kier alpha value is -3.08. The Balaban J connectivity index is 1.66. The Kier molecular flexibility index (Phi) is 4.69. The fourth-order valence-electron chi connectivity index (χ4n) is 3.80. The maximum Gasteiger partial charge on any atom is 0.287 e. The number of benzene rings is 2. The lowest BCUT2D eigenvalue weighted by Crippen LogP contribution is -2.38. The number of carbonyl (C=O) groups is 2. The Morgan fingerprint density at radius 1 is 1.14 bits per heavy atom. The summed E-state index contributed by atoms with van der Waals surface area (Å²) in [5.74, 6) is 0.526. The molecule has 1 amide bonds. The maximum atomic E-state index is 12.9. The van der Waals surface area contributed by atoms with Crippen LogP contribution in [0.4, 0.5) is 0 Å². The van der Waals surface area contributed by atoms with E-state index in [2.05, 4.69) is 5.32 Å². The molecule has 0 unspecified atom stereocenters. The molecule has 3 aromatic rings. The minimum atomic E-state index is -0.496. The lowest BCUT2D eigenvalue weighted by molar-refractivity contribution is 0.0503. The third-order valence-corrected chi connectivity index (χ3v) is 5.75. The molecule has 1 atom stereocenters. The van der Waals surface area contributed by atoms with E-state index in [0.717, 1.165) is 12.0 Å². The van der Waals surface area contributed by atoms with Crippen LogP contribution in [0, 0.1) is 13.8 Å². The maximum absolute atomic E-state index is 12.9. The molecule has 0 spiro atoms. The molecule has 4 rings (SSSR count). The Morgan fingerprint density at radius 3 is 2.55 bits per heavy atom. The Labute approximate surface area is 170 Å². The zero-order valence-corrected chi connectivity index (χ0v) is 17.2. The fraction of sp³-hybridized carbons (Fsp3) is 0.333. The largest absolute Gasteiger partial charge is 0.486 e. The van der Waals surface area contributed by atoms with Crippen molar-refractivity contribution in [2.75, 3.05) is 0 Å². The van der Waals surface area contributed by atoms with Gasteiger partial charge in [0.05, 0.1) is 12.0 Å². The van der Waals surface area contributed by atoms with Gasteiger partial charge in [-0.3, -0.25) is 9.59 Å². The number of furan rings is 1. The summed E-state index contributed by atoms with van der Waals surface area (Å²) in [6.07, 6.45) is 1.06. The van der Waals surface area contributed by atoms with Gasteiger partial charge in [-0.2, -0.15) is 0 Å². The van der Waals surface area contributed by atoms with Gasteiger partial charge in [0.1, 0.15) is 16.9 Å². The highest BCUT2D eigenvalue weighted by Gasteiger charge is 2.37. The van der Waals surface area contributed by atoms with E-state index in [0.29, 0.717) is 40.8 Å². The van der Waals surface area contributed by atoms with E-state index < -0.39 is 5.60 Å². The van der Waals surface area contributed by atoms with Crippen molar-refractivity contribution in [3.05, 3.63) is 64.4 Å². The van der Waals surface area contributed by atoms with Gasteiger partial charge < -0.3 is 14.5 Å². The zero-order valence-electron chi connectivity index (χ0n) is 17.2. The van der Waals surface area contributed by atoms with Crippen LogP contribution in [0.1, 0.15) is 64.3 Å². The van der Waals surface area contributed by atoms with Crippen molar-refractivity contribution in [1.29, 1.82) is 0 Å². The first-order chi connectivity index (χ1) is 13.8. The molecule has 0 aliphatic carbocycles. The molecule has 1 aromatic heterocycles. The van der Waals surface area contributed by atoms with Gasteiger partial charge in [-0.1, -0.05) is 36.8 Å². The summed E-state index contributed by atoms with van der Waals surface area (Å²) in [7, 11) is 0. The van der Waals surface area contributed by atoms with Crippen LogP contribution in [0.5, 0.6) is 5.75 Å². The number of carbonyl (C=O) groups excluding carboxylic acids is 2. The molecule has 0 radical (unpaired) electrons. The van der Waals surface area contributed by atoms with Crippen molar-refractivity contribution < 1.29 is 18.7 Å². The third-order valence-electron chi connectivity index (χ3n) is 5.75. The van der Waals surface area contributed by atoms with E-state index in [1.165, 1.54) is 5.56 Å². The summed E-state index contributed by atoms with van der Waals surface area (Å²) in [6, 6.07) is 11.5. The monoisotopic (exact) mass is 391 g/mol. The number of nitrogens with one attached hydrogen (secondary N) is 1. The van der Waals surface area contributed by atoms with Crippen LogP contribution in [0.15, 0.2) is 40.8 Å². The molecule has 0 saturated carbocycles. The molecule has 5 heteroatoms. The van der Waals surface area contributed by atoms with Gasteiger partial charge in [-0.15, -0.1) is 0 Å². The van der Waals surface area contributed by atoms with E-state index >= 15 is 0 Å². The fourth-order valence-corrected chi connectivity index (χ4v) is 3.80. The van der Waals surface area contributed by atoms with Gasteiger partial charge in [0.25, 0.3) is 5.91 Å². The third kappa shape index (κ3) is 3.41. The van der Waals surface area contributed by atoms with Crippen molar-refractivity contribution in [2.24, 2.45) is 0 Å². The number of aryl methyl sites for hydroxylation is 2. The number of fused-ring (bicyclic) bond motifs is 3. The SMILES string of the molecule is CC[C@]1(C)CC(=O)c2c(ccc3oc(C(=O)NCc4ccc(C)cc4)c(C)c23)O1. The second-order valence-corrected chi connectivity index (χ2v) is 8.04. The molecule has 2 heterocycles. The Morgan fingerprint density at radius 2 is 1.86 bits per heavy atom. The highest BCUT2D eigenvalue weighted by molar-refractivity contribution is 6.13. The minimum Gasteiger partial charge on any atom is -0.486 e. The van der Waals surface area contributed by atoms with Gasteiger partial charge in [-0.25, -0.2) is 0 Å². The number of ether oxygens (including phenoxy) is 1. The van der Waals surface area contributed by atoms with Crippen LogP contribution >= 0.6 is 0 Å². The van der Waals surface area contributed by atoms with Gasteiger partial charge in [0.2, 0.25) is 0 Å². The Bertz CT molecular complexity index is 1110. The van der Waals surface area contributed by atoms with E-state index in [1.807, 2.05) is 52.0 Å². The number of amides is 1. The summed E-state index contributed by atoms with van der Waals surface area (Å²) < 4.78 is 12.0. The standard InChI is InChI=1S/C24H25NO4/c1-5-24(4)12-17(26)21-19(29-24)11-10-18-20(21)15(3)22(28-18)23(27)25-13-16-8-6-14(2)7-9-16/h6-11H,5,12-13H2,1-4H3,(H,25,27)/t24-/m1/s1. The van der Waals surface area contributed by atoms with Crippen molar-refractivity contribution >= 4 is 22.7 Å². The molecule has 0 saturated heterocycles. The molecule has 2 aromatic carbocycles. The number of ketones is 1. The van der Waals surface area contributed by atoms with Gasteiger partial charge in [0, 0.05) is 17.5 Å². The van der Waals surface area contributed by atoms with Crippen molar-refractivity contribution in [1.82, 2.24) is 5.32 Å². The molecule has 1 aliphatic heterocycles. The highest BCUT2D eigenvalue weighted by atomic mass is 16.5. The molecule has 0 fully saturated rings. The predicted molar refractivity (Wildman–Crippen MR) is 112 cm³/mol. The van der Waals surface area contributed by atoms with Crippen molar-refractivity contribution in [3.63, 3.8) is 0 Å². The van der Waals surface area contributed by atoms with Crippen molar-refractivity contribution in [3.8, 4) is 5.75 Å². The van der Waals surface area contributed by atoms with Gasteiger partial charge in [-0.05, 0) is 44.9 Å². The van der Waals surface area contributed by atoms with Crippen LogP contribution in [0.3, 0.4) is 0 Å². The van der Waals surface area contributed by atoms with Crippen LogP contribution < -0.4 is 10.1 Å². The zero-order chi connectivity index (χ0) is 20.8. The smallest absolute Gasteiger partial charge is 0.287 e. The summed E-state index contributed by atoms with van der Waals surface area (Å²) in [5, 5.41) is 3.57. The number of rotatable bonds is 4. The first kappa shape index (κ1) is 19.2. The van der Waals surface area contributed by atoms with Crippen LogP contribution in [0.2, 0.25) is 0 Å². The van der Waals surface area contributed by atoms with Gasteiger partial charge in [0.15, 0.2) is 11.5 Å². The number of hydrogen-bond donors (Lipinski definition) is 1. The van der Waals surface area contributed by atoms with Gasteiger partial charge >= 0.3 is 0 Å². The summed E-state index contributed by atoms with van der Waals surface area (Å²) in [4.78, 5) is 25.7. The summed E-state index contributed by atoms with van der Waals surface area (Å²) >= 11 is 0. The first-order valence-electron chi connectivity index (χ1n) is 9.93. The number of Topliss-reactive ketones (excluding diaryl/α,β-unsaturated/α-hetero) is 1. The average molecular weight is 391 g/mol. The highest BCUT2D eigenvalue weighted by Crippen LogP contribution is 2.41. The normalized spacial score (nSPS) is 18.4. The van der Waals surface area contributed by atoms with E-state index in [1.54, 1.807) is 12.1 Å². The number of hydrogen-bond acceptors (Lipinski definition) is 4. The second-order valence-electron chi connectivity index (χ2n) is 8.04. The molecular formula is C24H25NO4. The second kappa shape index (κ2) is 7.07. The molecule has 150 valence electrons. The lowest BCUT2D eigenvalue weighted by Gasteiger charge is -2.34. The van der Waals surface area contributed by atoms with Crippen molar-refractivity contribution in [2.45, 2.75) is 52.7 Å². The predicted octanol–water partition coefficient (Wildman–Crippen LogP) is 5.11. The molecular weight excluding hydrogens is 366 g/mol. The molecule has 29 heavy (non-hydrogen) atoms. The summed E-state index contributed by atoms with van der Waals surface area (Å²) in [6.45, 7) is 8.20. The molecule has 1 N–H and O–H groups in total. The quantitative estimate of drug-likeness (QED) is 0.671. The molecule has 5 nitrogen and oxygen atoms in total. The van der Waals surface area contributed by atoms with Crippen LogP contribution in [-0.4, -0.2) is 17.3 Å². The molecule has 0 bridgehead atoms. The van der Waals surface area contributed by atoms with Crippen LogP contribution in [0.25, 0.3) is 11.0 Å². The lowest BCUT2D eigenvalue weighted by atomic mass is 9.87. The van der Waals surface area contributed by atoms with E-state index in [4.69, 9.17) is 9.15 Å². The van der Waals surface area contributed by atoms with Crippen LogP contribution in [-0.2, 0) is 6.54 Å². The topological polar surface area (TPSA) is 68.5 Å². The molecule has 1 aliphatic rings.